The minimum absolute atomic E-state index is 0.0131. The largest absolute Gasteiger partial charge is 0.456 e. The molecule has 0 saturated heterocycles. The van der Waals surface area contributed by atoms with Gasteiger partial charge in [0.15, 0.2) is 17.5 Å². The highest BCUT2D eigenvalue weighted by atomic mass is 16.3. The molecule has 210 valence electrons. The van der Waals surface area contributed by atoms with Gasteiger partial charge in [0.1, 0.15) is 11.2 Å². The second kappa shape index (κ2) is 10.2. The molecule has 2 heterocycles. The molecule has 45 heavy (non-hydrogen) atoms. The van der Waals surface area contributed by atoms with Crippen molar-refractivity contribution in [2.75, 3.05) is 0 Å². The Kier molecular flexibility index (Phi) is 4.91. The summed E-state index contributed by atoms with van der Waals surface area (Å²) in [5.41, 5.74) is 4.54. The highest BCUT2D eigenvalue weighted by molar-refractivity contribution is 6.11. The van der Waals surface area contributed by atoms with E-state index in [2.05, 4.69) is 48.5 Å². The number of nitrogens with zero attached hydrogens (tertiary/aromatic N) is 3. The first-order valence-electron chi connectivity index (χ1n) is 16.7. The van der Waals surface area contributed by atoms with E-state index in [0.717, 1.165) is 33.0 Å². The number of fused-ring (bicyclic) bond motifs is 5. The molecule has 0 atom stereocenters. The maximum atomic E-state index is 9.04. The molecular formula is C41H25N3O. The predicted octanol–water partition coefficient (Wildman–Crippen LogP) is 10.7. The number of hydrogen-bond donors (Lipinski definition) is 0. The molecule has 4 heteroatoms. The summed E-state index contributed by atoms with van der Waals surface area (Å²) in [6.07, 6.45) is 0. The van der Waals surface area contributed by atoms with E-state index in [0.29, 0.717) is 28.0 Å². The van der Waals surface area contributed by atoms with E-state index in [-0.39, 0.29) is 41.2 Å². The average molecular weight is 580 g/mol. The number of rotatable bonds is 4. The summed E-state index contributed by atoms with van der Waals surface area (Å²) in [7, 11) is 0. The molecule has 0 unspecified atom stereocenters. The standard InChI is InChI=1S/C41H25N3O/c1-3-10-30-24-32(22-18-26(30)8-1)28-16-20-29(21-17-28)39-42-40(33-23-19-27-9-2-4-11-31(27)25-33)44-41(43-39)35-13-7-15-37-38(35)34-12-5-6-14-36(34)45-37/h1-25H/i5D,13D,14D,15D. The zero-order valence-electron chi connectivity index (χ0n) is 27.9. The highest BCUT2D eigenvalue weighted by Gasteiger charge is 2.18. The molecule has 9 aromatic rings. The van der Waals surface area contributed by atoms with Gasteiger partial charge in [-0.1, -0.05) is 127 Å². The quantitative estimate of drug-likeness (QED) is 0.208. The lowest BCUT2D eigenvalue weighted by molar-refractivity contribution is 0.669. The molecule has 4 nitrogen and oxygen atoms in total. The zero-order valence-corrected chi connectivity index (χ0v) is 23.9. The number of aromatic nitrogens is 3. The number of para-hydroxylation sites is 1. The van der Waals surface area contributed by atoms with Crippen LogP contribution >= 0.6 is 0 Å². The first-order chi connectivity index (χ1) is 23.9. The molecule has 0 bridgehead atoms. The SMILES string of the molecule is [2H]c1cc([2H])c2oc3c([2H])cc([2H])c(-c4nc(-c5ccc(-c6ccc7ccccc7c6)cc5)nc(-c5ccc6ccccc6c5)n4)c3c2c1. The van der Waals surface area contributed by atoms with Crippen molar-refractivity contribution in [2.24, 2.45) is 0 Å². The van der Waals surface area contributed by atoms with E-state index >= 15 is 0 Å². The number of hydrogen-bond acceptors (Lipinski definition) is 4. The van der Waals surface area contributed by atoms with Crippen LogP contribution in [0, 0.1) is 0 Å². The topological polar surface area (TPSA) is 51.8 Å². The molecule has 0 spiro atoms. The molecule has 0 radical (unpaired) electrons. The van der Waals surface area contributed by atoms with Gasteiger partial charge >= 0.3 is 0 Å². The molecule has 9 rings (SSSR count). The van der Waals surface area contributed by atoms with Crippen LogP contribution in [0.4, 0.5) is 0 Å². The maximum absolute atomic E-state index is 9.04. The van der Waals surface area contributed by atoms with Crippen LogP contribution < -0.4 is 0 Å². The maximum Gasteiger partial charge on any atom is 0.164 e. The first kappa shape index (κ1) is 21.5. The summed E-state index contributed by atoms with van der Waals surface area (Å²) in [5.74, 6) is 1.10. The highest BCUT2D eigenvalue weighted by Crippen LogP contribution is 2.37. The fourth-order valence-corrected chi connectivity index (χ4v) is 5.95. The molecular weight excluding hydrogens is 550 g/mol. The van der Waals surface area contributed by atoms with Crippen LogP contribution in [0.15, 0.2) is 156 Å². The fraction of sp³-hybridized carbons (Fsp3) is 0. The van der Waals surface area contributed by atoms with Gasteiger partial charge in [-0.25, -0.2) is 15.0 Å². The summed E-state index contributed by atoms with van der Waals surface area (Å²) >= 11 is 0. The molecule has 2 aromatic heterocycles. The van der Waals surface area contributed by atoms with Gasteiger partial charge < -0.3 is 4.42 Å². The summed E-state index contributed by atoms with van der Waals surface area (Å²) in [4.78, 5) is 14.8. The Morgan fingerprint density at radius 1 is 0.444 bits per heavy atom. The summed E-state index contributed by atoms with van der Waals surface area (Å²) in [5, 5.41) is 5.39. The second-order valence-corrected chi connectivity index (χ2v) is 11.0. The molecule has 0 amide bonds. The van der Waals surface area contributed by atoms with Crippen molar-refractivity contribution in [1.29, 1.82) is 0 Å². The van der Waals surface area contributed by atoms with Crippen LogP contribution in [0.2, 0.25) is 0 Å². The first-order valence-corrected chi connectivity index (χ1v) is 14.7. The Hall–Kier alpha value is -6.13. The van der Waals surface area contributed by atoms with Gasteiger partial charge in [-0.05, 0) is 56.9 Å². The van der Waals surface area contributed by atoms with E-state index in [1.807, 2.05) is 60.7 Å². The van der Waals surface area contributed by atoms with Gasteiger partial charge in [-0.2, -0.15) is 0 Å². The van der Waals surface area contributed by atoms with Crippen LogP contribution in [0.1, 0.15) is 5.48 Å². The van der Waals surface area contributed by atoms with Gasteiger partial charge in [-0.15, -0.1) is 0 Å². The van der Waals surface area contributed by atoms with E-state index in [1.165, 1.54) is 22.9 Å². The smallest absolute Gasteiger partial charge is 0.164 e. The monoisotopic (exact) mass is 579 g/mol. The average Bonchev–Trinajstić information content (AvgIpc) is 3.51. The Labute approximate surface area is 264 Å². The second-order valence-electron chi connectivity index (χ2n) is 11.0. The van der Waals surface area contributed by atoms with Crippen molar-refractivity contribution >= 4 is 43.5 Å². The van der Waals surface area contributed by atoms with Gasteiger partial charge in [0.2, 0.25) is 0 Å². The lowest BCUT2D eigenvalue weighted by Gasteiger charge is -2.10. The van der Waals surface area contributed by atoms with Gasteiger partial charge in [0, 0.05) is 27.5 Å². The van der Waals surface area contributed by atoms with Crippen LogP contribution in [0.25, 0.3) is 88.8 Å². The van der Waals surface area contributed by atoms with Gasteiger partial charge in [0.25, 0.3) is 0 Å². The van der Waals surface area contributed by atoms with E-state index in [9.17, 15) is 0 Å². The van der Waals surface area contributed by atoms with E-state index in [1.54, 1.807) is 6.07 Å². The third-order valence-electron chi connectivity index (χ3n) is 8.22. The molecule has 0 saturated carbocycles. The summed E-state index contributed by atoms with van der Waals surface area (Å²) < 4.78 is 40.4. The molecule has 0 aliphatic rings. The van der Waals surface area contributed by atoms with Gasteiger partial charge in [0.05, 0.1) is 5.48 Å². The molecule has 0 aliphatic heterocycles. The third-order valence-corrected chi connectivity index (χ3v) is 8.22. The zero-order chi connectivity index (χ0) is 33.2. The van der Waals surface area contributed by atoms with Crippen molar-refractivity contribution < 1.29 is 9.90 Å². The Balaban J connectivity index is 1.26. The summed E-state index contributed by atoms with van der Waals surface area (Å²) in [6, 6.07) is 41.6. The van der Waals surface area contributed by atoms with E-state index < -0.39 is 0 Å². The molecule has 0 fully saturated rings. The van der Waals surface area contributed by atoms with Crippen LogP contribution in [-0.4, -0.2) is 15.0 Å². The van der Waals surface area contributed by atoms with Gasteiger partial charge in [-0.3, -0.25) is 0 Å². The summed E-state index contributed by atoms with van der Waals surface area (Å²) in [6.45, 7) is 0. The lowest BCUT2D eigenvalue weighted by Crippen LogP contribution is -2.00. The van der Waals surface area contributed by atoms with Crippen molar-refractivity contribution in [3.05, 3.63) is 152 Å². The van der Waals surface area contributed by atoms with Crippen molar-refractivity contribution in [3.63, 3.8) is 0 Å². The van der Waals surface area contributed by atoms with Crippen molar-refractivity contribution in [3.8, 4) is 45.3 Å². The van der Waals surface area contributed by atoms with Crippen LogP contribution in [-0.2, 0) is 0 Å². The predicted molar refractivity (Wildman–Crippen MR) is 184 cm³/mol. The fourth-order valence-electron chi connectivity index (χ4n) is 5.95. The Morgan fingerprint density at radius 2 is 1.02 bits per heavy atom. The van der Waals surface area contributed by atoms with Crippen LogP contribution in [0.3, 0.4) is 0 Å². The molecule has 0 N–H and O–H groups in total. The number of benzene rings is 7. The Bertz CT molecular complexity index is 2780. The van der Waals surface area contributed by atoms with E-state index in [4.69, 9.17) is 24.9 Å². The third kappa shape index (κ3) is 4.43. The number of furan rings is 1. The minimum Gasteiger partial charge on any atom is -0.456 e. The van der Waals surface area contributed by atoms with Crippen molar-refractivity contribution in [1.82, 2.24) is 15.0 Å². The minimum atomic E-state index is 0.0131. The Morgan fingerprint density at radius 3 is 1.78 bits per heavy atom. The van der Waals surface area contributed by atoms with Crippen LogP contribution in [0.5, 0.6) is 0 Å². The molecule has 7 aromatic carbocycles. The molecule has 0 aliphatic carbocycles. The lowest BCUT2D eigenvalue weighted by atomic mass is 10.00. The normalized spacial score (nSPS) is 12.8. The van der Waals surface area contributed by atoms with Crippen molar-refractivity contribution in [2.45, 2.75) is 0 Å².